The fourth-order valence-electron chi connectivity index (χ4n) is 3.54. The number of rotatable bonds is 4. The molecule has 3 rings (SSSR count). The van der Waals surface area contributed by atoms with Crippen LogP contribution in [0.1, 0.15) is 25.3 Å². The lowest BCUT2D eigenvalue weighted by Gasteiger charge is -2.35. The fourth-order valence-corrected chi connectivity index (χ4v) is 3.54. The largest absolute Gasteiger partial charge is 0.378 e. The van der Waals surface area contributed by atoms with Crippen molar-refractivity contribution in [3.05, 3.63) is 18.0 Å². The summed E-state index contributed by atoms with van der Waals surface area (Å²) in [5.41, 5.74) is 1.18. The number of hydrogen-bond acceptors (Lipinski definition) is 4. The molecule has 122 valence electrons. The monoisotopic (exact) mass is 306 g/mol. The molecule has 0 N–H and O–H groups in total. The van der Waals surface area contributed by atoms with E-state index in [0.29, 0.717) is 19.3 Å². The van der Waals surface area contributed by atoms with E-state index in [-0.39, 0.29) is 11.9 Å². The molecule has 0 radical (unpaired) electrons. The third-order valence-corrected chi connectivity index (χ3v) is 4.76. The summed E-state index contributed by atoms with van der Waals surface area (Å²) in [6.45, 7) is 8.74. The molecule has 2 saturated heterocycles. The van der Waals surface area contributed by atoms with Crippen LogP contribution in [0.25, 0.3) is 0 Å². The van der Waals surface area contributed by atoms with E-state index in [1.807, 2.05) is 22.7 Å². The van der Waals surface area contributed by atoms with Gasteiger partial charge in [-0.1, -0.05) is 0 Å². The van der Waals surface area contributed by atoms with Crippen LogP contribution in [-0.4, -0.2) is 70.4 Å². The van der Waals surface area contributed by atoms with E-state index in [4.69, 9.17) is 4.74 Å². The first kappa shape index (κ1) is 15.5. The fraction of sp³-hybridized carbons (Fsp3) is 0.750. The van der Waals surface area contributed by atoms with Gasteiger partial charge in [-0.2, -0.15) is 5.10 Å². The molecule has 22 heavy (non-hydrogen) atoms. The molecule has 0 unspecified atom stereocenters. The van der Waals surface area contributed by atoms with Crippen LogP contribution in [0.15, 0.2) is 12.4 Å². The molecule has 2 aliphatic rings. The summed E-state index contributed by atoms with van der Waals surface area (Å²) in [5, 5.41) is 4.39. The van der Waals surface area contributed by atoms with E-state index in [0.717, 1.165) is 39.0 Å². The first-order valence-electron chi connectivity index (χ1n) is 8.26. The molecule has 3 heterocycles. The van der Waals surface area contributed by atoms with Crippen molar-refractivity contribution >= 4 is 5.91 Å². The minimum absolute atomic E-state index is 0.0535. The Labute approximate surface area is 132 Å². The van der Waals surface area contributed by atoms with E-state index < -0.39 is 0 Å². The highest BCUT2D eigenvalue weighted by Crippen LogP contribution is 2.22. The highest BCUT2D eigenvalue weighted by atomic mass is 16.5. The lowest BCUT2D eigenvalue weighted by Crippen LogP contribution is -2.52. The van der Waals surface area contributed by atoms with E-state index >= 15 is 0 Å². The van der Waals surface area contributed by atoms with Gasteiger partial charge in [0.05, 0.1) is 32.0 Å². The van der Waals surface area contributed by atoms with Crippen molar-refractivity contribution in [1.29, 1.82) is 0 Å². The molecule has 6 nitrogen and oxygen atoms in total. The Bertz CT molecular complexity index is 510. The quantitative estimate of drug-likeness (QED) is 0.829. The number of aromatic nitrogens is 2. The Balaban J connectivity index is 1.62. The Hall–Kier alpha value is -1.40. The second kappa shape index (κ2) is 6.79. The lowest BCUT2D eigenvalue weighted by molar-refractivity contribution is -0.141. The number of carbonyl (C=O) groups is 1. The van der Waals surface area contributed by atoms with Crippen molar-refractivity contribution in [1.82, 2.24) is 19.6 Å². The van der Waals surface area contributed by atoms with Gasteiger partial charge in [0.1, 0.15) is 0 Å². The second-order valence-corrected chi connectivity index (χ2v) is 6.39. The molecule has 2 fully saturated rings. The molecule has 1 aromatic rings. The molecule has 6 heteroatoms. The maximum atomic E-state index is 12.7. The molecule has 0 bridgehead atoms. The van der Waals surface area contributed by atoms with Gasteiger partial charge in [-0.15, -0.1) is 0 Å². The van der Waals surface area contributed by atoms with Crippen molar-refractivity contribution in [2.45, 2.75) is 45.3 Å². The van der Waals surface area contributed by atoms with Crippen molar-refractivity contribution in [3.8, 4) is 0 Å². The standard InChI is InChI=1S/C16H26N4O2/c1-13-10-17-19(11-13)12-15-4-3-5-20(15)14(2)16(21)18-6-8-22-9-7-18/h10-11,14-15H,3-9,12H2,1-2H3/t14-,15+/m1/s1. The molecule has 0 saturated carbocycles. The average molecular weight is 306 g/mol. The van der Waals surface area contributed by atoms with Crippen LogP contribution < -0.4 is 0 Å². The highest BCUT2D eigenvalue weighted by molar-refractivity contribution is 5.81. The normalized spacial score (nSPS) is 24.6. The van der Waals surface area contributed by atoms with Crippen LogP contribution in [-0.2, 0) is 16.1 Å². The predicted molar refractivity (Wildman–Crippen MR) is 83.6 cm³/mol. The predicted octanol–water partition coefficient (Wildman–Crippen LogP) is 0.903. The Morgan fingerprint density at radius 2 is 2.18 bits per heavy atom. The molecule has 0 spiro atoms. The van der Waals surface area contributed by atoms with E-state index in [1.54, 1.807) is 0 Å². The number of hydrogen-bond donors (Lipinski definition) is 0. The smallest absolute Gasteiger partial charge is 0.239 e. The molecule has 2 atom stereocenters. The van der Waals surface area contributed by atoms with Crippen molar-refractivity contribution in [2.24, 2.45) is 0 Å². The number of ether oxygens (including phenoxy) is 1. The lowest BCUT2D eigenvalue weighted by atomic mass is 10.1. The zero-order valence-electron chi connectivity index (χ0n) is 13.6. The van der Waals surface area contributed by atoms with Crippen LogP contribution in [0.3, 0.4) is 0 Å². The van der Waals surface area contributed by atoms with E-state index in [2.05, 4.69) is 23.1 Å². The number of morpholine rings is 1. The van der Waals surface area contributed by atoms with Crippen LogP contribution in [0.5, 0.6) is 0 Å². The van der Waals surface area contributed by atoms with Crippen LogP contribution in [0, 0.1) is 6.92 Å². The van der Waals surface area contributed by atoms with Crippen molar-refractivity contribution in [2.75, 3.05) is 32.8 Å². The SMILES string of the molecule is Cc1cnn(C[C@@H]2CCCN2[C@H](C)C(=O)N2CCOCC2)c1. The molecular formula is C16H26N4O2. The topological polar surface area (TPSA) is 50.6 Å². The molecule has 1 aromatic heterocycles. The van der Waals surface area contributed by atoms with Gasteiger partial charge in [-0.05, 0) is 38.8 Å². The van der Waals surface area contributed by atoms with Gasteiger partial charge in [0, 0.05) is 25.3 Å². The van der Waals surface area contributed by atoms with Gasteiger partial charge in [-0.25, -0.2) is 0 Å². The summed E-state index contributed by atoms with van der Waals surface area (Å²) in [4.78, 5) is 17.0. The van der Waals surface area contributed by atoms with E-state index in [9.17, 15) is 4.79 Å². The number of amides is 1. The molecule has 1 amide bonds. The summed E-state index contributed by atoms with van der Waals surface area (Å²) >= 11 is 0. The molecular weight excluding hydrogens is 280 g/mol. The number of carbonyl (C=O) groups excluding carboxylic acids is 1. The Morgan fingerprint density at radius 3 is 2.86 bits per heavy atom. The van der Waals surface area contributed by atoms with Gasteiger partial charge in [0.2, 0.25) is 5.91 Å². The van der Waals surface area contributed by atoms with E-state index in [1.165, 1.54) is 5.56 Å². The first-order chi connectivity index (χ1) is 10.6. The summed E-state index contributed by atoms with van der Waals surface area (Å²) < 4.78 is 7.34. The highest BCUT2D eigenvalue weighted by Gasteiger charge is 2.34. The first-order valence-corrected chi connectivity index (χ1v) is 8.26. The third kappa shape index (κ3) is 3.33. The summed E-state index contributed by atoms with van der Waals surface area (Å²) in [5.74, 6) is 0.242. The number of aryl methyl sites for hydroxylation is 1. The van der Waals surface area contributed by atoms with Crippen LogP contribution in [0.2, 0.25) is 0 Å². The average Bonchev–Trinajstić information content (AvgIpc) is 3.16. The van der Waals surface area contributed by atoms with Gasteiger partial charge < -0.3 is 9.64 Å². The minimum Gasteiger partial charge on any atom is -0.378 e. The zero-order valence-corrected chi connectivity index (χ0v) is 13.6. The Kier molecular flexibility index (Phi) is 4.78. The van der Waals surface area contributed by atoms with Gasteiger partial charge in [-0.3, -0.25) is 14.4 Å². The summed E-state index contributed by atoms with van der Waals surface area (Å²) in [6.07, 6.45) is 6.26. The molecule has 0 aliphatic carbocycles. The van der Waals surface area contributed by atoms with Crippen LogP contribution >= 0.6 is 0 Å². The van der Waals surface area contributed by atoms with Gasteiger partial charge in [0.25, 0.3) is 0 Å². The second-order valence-electron chi connectivity index (χ2n) is 6.39. The molecule has 0 aromatic carbocycles. The third-order valence-electron chi connectivity index (χ3n) is 4.76. The zero-order chi connectivity index (χ0) is 15.5. The van der Waals surface area contributed by atoms with Gasteiger partial charge >= 0.3 is 0 Å². The van der Waals surface area contributed by atoms with Gasteiger partial charge in [0.15, 0.2) is 0 Å². The maximum absolute atomic E-state index is 12.7. The van der Waals surface area contributed by atoms with Crippen molar-refractivity contribution in [3.63, 3.8) is 0 Å². The van der Waals surface area contributed by atoms with Crippen LogP contribution in [0.4, 0.5) is 0 Å². The Morgan fingerprint density at radius 1 is 1.41 bits per heavy atom. The number of likely N-dealkylation sites (tertiary alicyclic amines) is 1. The van der Waals surface area contributed by atoms with Crippen molar-refractivity contribution < 1.29 is 9.53 Å². The summed E-state index contributed by atoms with van der Waals surface area (Å²) in [6, 6.07) is 0.349. The number of nitrogens with zero attached hydrogens (tertiary/aromatic N) is 4. The summed E-state index contributed by atoms with van der Waals surface area (Å²) in [7, 11) is 0. The molecule has 2 aliphatic heterocycles. The minimum atomic E-state index is -0.0535. The maximum Gasteiger partial charge on any atom is 0.239 e.